The maximum atomic E-state index is 10.7. The number of rotatable bonds is 14. The van der Waals surface area contributed by atoms with Crippen LogP contribution >= 0.6 is 0 Å². The molecule has 210 valence electrons. The van der Waals surface area contributed by atoms with Crippen LogP contribution in [-0.4, -0.2) is 31.5 Å². The summed E-state index contributed by atoms with van der Waals surface area (Å²) in [5.41, 5.74) is 3.46. The number of aryl methyl sites for hydroxylation is 2. The number of hydrogen-bond donors (Lipinski definition) is 1. The summed E-state index contributed by atoms with van der Waals surface area (Å²) in [6.45, 7) is 6.19. The number of fused-ring (bicyclic) bond motifs is 2. The van der Waals surface area contributed by atoms with E-state index < -0.39 is 0 Å². The molecule has 1 aliphatic rings. The zero-order valence-electron chi connectivity index (χ0n) is 23.7. The predicted octanol–water partition coefficient (Wildman–Crippen LogP) is 9.40. The summed E-state index contributed by atoms with van der Waals surface area (Å²) >= 11 is 0. The first-order chi connectivity index (χ1) is 18.7. The first-order valence-electron chi connectivity index (χ1n) is 14.9. The summed E-state index contributed by atoms with van der Waals surface area (Å²) < 4.78 is 17.6. The number of hydrogen-bond acceptors (Lipinski definition) is 6. The lowest BCUT2D eigenvalue weighted by Gasteiger charge is -2.12. The van der Waals surface area contributed by atoms with Crippen LogP contribution in [0.2, 0.25) is 0 Å². The minimum Gasteiger partial charge on any atom is -0.508 e. The van der Waals surface area contributed by atoms with Crippen molar-refractivity contribution in [1.82, 2.24) is 0 Å². The fraction of sp³-hybridized carbons (Fsp3) is 0.625. The highest BCUT2D eigenvalue weighted by Crippen LogP contribution is 2.38. The van der Waals surface area contributed by atoms with Gasteiger partial charge in [0, 0.05) is 6.07 Å². The summed E-state index contributed by atoms with van der Waals surface area (Å²) in [4.78, 5) is 0. The monoisotopic (exact) mass is 524 g/mol. The molecule has 1 heterocycles. The van der Waals surface area contributed by atoms with Crippen LogP contribution in [0.3, 0.4) is 0 Å². The third kappa shape index (κ3) is 10.6. The number of phenolic OH excluding ortho intramolecular Hbond substituents is 1. The first kappa shape index (κ1) is 29.9. The Labute approximate surface area is 229 Å². The van der Waals surface area contributed by atoms with Crippen LogP contribution < -0.4 is 9.47 Å². The maximum absolute atomic E-state index is 10.7. The van der Waals surface area contributed by atoms with Gasteiger partial charge in [0.15, 0.2) is 5.75 Å². The Morgan fingerprint density at radius 2 is 1.21 bits per heavy atom. The number of benzene rings is 2. The van der Waals surface area contributed by atoms with Crippen molar-refractivity contribution in [2.24, 2.45) is 10.2 Å². The Balaban J connectivity index is 1.75. The van der Waals surface area contributed by atoms with E-state index in [9.17, 15) is 5.11 Å². The van der Waals surface area contributed by atoms with E-state index in [0.29, 0.717) is 49.3 Å². The fourth-order valence-electron chi connectivity index (χ4n) is 4.75. The van der Waals surface area contributed by atoms with Crippen LogP contribution in [0.1, 0.15) is 102 Å². The Hall–Kier alpha value is -2.60. The third-order valence-corrected chi connectivity index (χ3v) is 7.04. The molecule has 0 atom stereocenters. The number of azo groups is 1. The number of unbranched alkanes of at least 4 members (excludes halogenated alkanes) is 10. The van der Waals surface area contributed by atoms with Gasteiger partial charge < -0.3 is 19.3 Å². The summed E-state index contributed by atoms with van der Waals surface area (Å²) in [7, 11) is 0. The highest BCUT2D eigenvalue weighted by atomic mass is 16.5. The molecule has 2 aromatic rings. The molecule has 0 aliphatic carbocycles. The second-order valence-electron chi connectivity index (χ2n) is 10.3. The summed E-state index contributed by atoms with van der Waals surface area (Å²) in [6, 6.07) is 9.81. The molecule has 0 amide bonds. The van der Waals surface area contributed by atoms with Gasteiger partial charge in [0.25, 0.3) is 0 Å². The minimum absolute atomic E-state index is 0.252. The van der Waals surface area contributed by atoms with Crippen molar-refractivity contribution in [3.05, 3.63) is 41.5 Å². The molecule has 0 spiro atoms. The summed E-state index contributed by atoms with van der Waals surface area (Å²) in [5.74, 6) is 1.48. The van der Waals surface area contributed by atoms with E-state index in [1.165, 1.54) is 69.8 Å². The van der Waals surface area contributed by atoms with Crippen molar-refractivity contribution in [2.75, 3.05) is 26.4 Å². The number of ether oxygens (including phenoxy) is 3. The van der Waals surface area contributed by atoms with Gasteiger partial charge in [-0.3, -0.25) is 0 Å². The molecule has 0 radical (unpaired) electrons. The van der Waals surface area contributed by atoms with Crippen LogP contribution in [0.4, 0.5) is 11.4 Å². The van der Waals surface area contributed by atoms with E-state index >= 15 is 0 Å². The average Bonchev–Trinajstić information content (AvgIpc) is 2.94. The first-order valence-corrected chi connectivity index (χ1v) is 14.9. The predicted molar refractivity (Wildman–Crippen MR) is 155 cm³/mol. The Kier molecular flexibility index (Phi) is 14.0. The number of phenols is 1. The molecular weight excluding hydrogens is 476 g/mol. The zero-order valence-corrected chi connectivity index (χ0v) is 23.7. The molecule has 0 saturated heterocycles. The zero-order chi connectivity index (χ0) is 26.8. The SMILES string of the molecule is CCCCCCCCc1ccc2c(c1)N=Nc1cc(CCCCCCCC)c(O)cc1OCCOCCO2. The van der Waals surface area contributed by atoms with Crippen molar-refractivity contribution in [3.63, 3.8) is 0 Å². The van der Waals surface area contributed by atoms with Crippen LogP contribution in [0.5, 0.6) is 17.2 Å². The molecule has 6 heteroatoms. The van der Waals surface area contributed by atoms with Crippen molar-refractivity contribution in [2.45, 2.75) is 104 Å². The van der Waals surface area contributed by atoms with Gasteiger partial charge in [-0.25, -0.2) is 0 Å². The van der Waals surface area contributed by atoms with Gasteiger partial charge in [0.2, 0.25) is 0 Å². The van der Waals surface area contributed by atoms with E-state index in [0.717, 1.165) is 31.2 Å². The van der Waals surface area contributed by atoms with Gasteiger partial charge in [0.1, 0.15) is 36.1 Å². The molecule has 1 aliphatic heterocycles. The Morgan fingerprint density at radius 3 is 1.89 bits per heavy atom. The van der Waals surface area contributed by atoms with Crippen LogP contribution in [0, 0.1) is 0 Å². The smallest absolute Gasteiger partial charge is 0.150 e. The van der Waals surface area contributed by atoms with Gasteiger partial charge >= 0.3 is 0 Å². The topological polar surface area (TPSA) is 72.6 Å². The minimum atomic E-state index is 0.252. The second kappa shape index (κ2) is 17.8. The largest absolute Gasteiger partial charge is 0.508 e. The molecule has 0 fully saturated rings. The highest BCUT2D eigenvalue weighted by molar-refractivity contribution is 5.59. The van der Waals surface area contributed by atoms with Crippen LogP contribution in [0.15, 0.2) is 40.6 Å². The highest BCUT2D eigenvalue weighted by Gasteiger charge is 2.13. The molecule has 6 nitrogen and oxygen atoms in total. The average molecular weight is 525 g/mol. The van der Waals surface area contributed by atoms with E-state index in [1.807, 2.05) is 12.1 Å². The summed E-state index contributed by atoms with van der Waals surface area (Å²) in [5, 5.41) is 19.9. The normalized spacial score (nSPS) is 13.8. The maximum Gasteiger partial charge on any atom is 0.150 e. The molecule has 2 aromatic carbocycles. The van der Waals surface area contributed by atoms with E-state index in [-0.39, 0.29) is 5.75 Å². The molecule has 3 rings (SSSR count). The molecule has 38 heavy (non-hydrogen) atoms. The second-order valence-corrected chi connectivity index (χ2v) is 10.3. The Morgan fingerprint density at radius 1 is 0.632 bits per heavy atom. The van der Waals surface area contributed by atoms with Gasteiger partial charge in [-0.2, -0.15) is 0 Å². The molecule has 0 aromatic heterocycles. The van der Waals surface area contributed by atoms with E-state index in [1.54, 1.807) is 6.07 Å². The van der Waals surface area contributed by atoms with Crippen LogP contribution in [0.25, 0.3) is 0 Å². The molecular formula is C32H48N2O4. The third-order valence-electron chi connectivity index (χ3n) is 7.04. The lowest BCUT2D eigenvalue weighted by Crippen LogP contribution is -2.12. The fourth-order valence-corrected chi connectivity index (χ4v) is 4.75. The van der Waals surface area contributed by atoms with Crippen molar-refractivity contribution < 1.29 is 19.3 Å². The van der Waals surface area contributed by atoms with Gasteiger partial charge in [-0.05, 0) is 55.0 Å². The van der Waals surface area contributed by atoms with E-state index in [2.05, 4.69) is 36.2 Å². The Bertz CT molecular complexity index is 976. The van der Waals surface area contributed by atoms with Crippen molar-refractivity contribution in [3.8, 4) is 17.2 Å². The van der Waals surface area contributed by atoms with Gasteiger partial charge in [0.05, 0.1) is 13.2 Å². The number of aromatic hydroxyl groups is 1. The van der Waals surface area contributed by atoms with Gasteiger partial charge in [-0.15, -0.1) is 10.2 Å². The van der Waals surface area contributed by atoms with Crippen LogP contribution in [-0.2, 0) is 17.6 Å². The molecule has 0 saturated carbocycles. The lowest BCUT2D eigenvalue weighted by molar-refractivity contribution is 0.0767. The van der Waals surface area contributed by atoms with E-state index in [4.69, 9.17) is 14.2 Å². The standard InChI is InChI=1S/C32H48N2O4/c1-3-5-7-9-11-13-15-26-17-18-31-28(23-26)33-34-29-24-27(16-14-12-10-8-6-4-2)30(35)25-32(29)38-22-20-36-19-21-37-31/h17-18,23-25,35H,3-16,19-22H2,1-2H3. The van der Waals surface area contributed by atoms with Crippen molar-refractivity contribution in [1.29, 1.82) is 0 Å². The number of nitrogens with zero attached hydrogens (tertiary/aromatic N) is 2. The van der Waals surface area contributed by atoms with Gasteiger partial charge in [-0.1, -0.05) is 84.1 Å². The molecule has 0 unspecified atom stereocenters. The van der Waals surface area contributed by atoms with Crippen molar-refractivity contribution >= 4 is 11.4 Å². The lowest BCUT2D eigenvalue weighted by atomic mass is 10.0. The quantitative estimate of drug-likeness (QED) is 0.250. The molecule has 1 N–H and O–H groups in total. The molecule has 0 bridgehead atoms. The summed E-state index contributed by atoms with van der Waals surface area (Å²) in [6.07, 6.45) is 16.7.